The van der Waals surface area contributed by atoms with Gasteiger partial charge in [-0.3, -0.25) is 4.79 Å². The van der Waals surface area contributed by atoms with Crippen molar-refractivity contribution in [1.29, 1.82) is 0 Å². The third-order valence-corrected chi connectivity index (χ3v) is 2.66. The zero-order chi connectivity index (χ0) is 12.1. The molecule has 0 spiro atoms. The molecule has 0 radical (unpaired) electrons. The second-order valence-electron chi connectivity index (χ2n) is 4.31. The molecule has 0 aliphatic carbocycles. The van der Waals surface area contributed by atoms with E-state index in [-0.39, 0.29) is 5.97 Å². The summed E-state index contributed by atoms with van der Waals surface area (Å²) < 4.78 is 4.93. The van der Waals surface area contributed by atoms with Gasteiger partial charge in [0.15, 0.2) is 0 Å². The smallest absolute Gasteiger partial charge is 0.327 e. The standard InChI is InChI=1S/C11H24N2O2/c1-6-9(3)13(5)8-11(4,12)10(14)15-7-2/h9H,6-8,12H2,1-5H3. The van der Waals surface area contributed by atoms with E-state index in [4.69, 9.17) is 10.5 Å². The average Bonchev–Trinajstić information content (AvgIpc) is 2.16. The Kier molecular flexibility index (Phi) is 5.83. The zero-order valence-corrected chi connectivity index (χ0v) is 10.5. The van der Waals surface area contributed by atoms with E-state index in [1.54, 1.807) is 13.8 Å². The largest absolute Gasteiger partial charge is 0.465 e. The minimum atomic E-state index is -0.922. The molecule has 2 unspecified atom stereocenters. The summed E-state index contributed by atoms with van der Waals surface area (Å²) in [6.07, 6.45) is 1.04. The Morgan fingerprint density at radius 1 is 1.53 bits per heavy atom. The maximum Gasteiger partial charge on any atom is 0.327 e. The number of carbonyl (C=O) groups is 1. The SMILES string of the molecule is CCOC(=O)C(C)(N)CN(C)C(C)CC. The first kappa shape index (κ1) is 14.4. The van der Waals surface area contributed by atoms with E-state index in [0.29, 0.717) is 19.2 Å². The number of carbonyl (C=O) groups excluding carboxylic acids is 1. The van der Waals surface area contributed by atoms with Crippen LogP contribution in [0.25, 0.3) is 0 Å². The highest BCUT2D eigenvalue weighted by Gasteiger charge is 2.32. The van der Waals surface area contributed by atoms with Crippen LogP contribution in [0.1, 0.15) is 34.1 Å². The van der Waals surface area contributed by atoms with E-state index >= 15 is 0 Å². The molecule has 0 rings (SSSR count). The Morgan fingerprint density at radius 2 is 2.07 bits per heavy atom. The van der Waals surface area contributed by atoms with Crippen LogP contribution in [0, 0.1) is 0 Å². The third-order valence-electron chi connectivity index (χ3n) is 2.66. The second kappa shape index (κ2) is 6.08. The summed E-state index contributed by atoms with van der Waals surface area (Å²) in [6.45, 7) is 8.61. The van der Waals surface area contributed by atoms with Gasteiger partial charge in [0.25, 0.3) is 0 Å². The number of ether oxygens (including phenoxy) is 1. The van der Waals surface area contributed by atoms with Gasteiger partial charge in [-0.15, -0.1) is 0 Å². The van der Waals surface area contributed by atoms with Crippen LogP contribution in [-0.4, -0.2) is 42.6 Å². The van der Waals surface area contributed by atoms with Crippen LogP contribution in [0.3, 0.4) is 0 Å². The predicted molar refractivity (Wildman–Crippen MR) is 61.6 cm³/mol. The van der Waals surface area contributed by atoms with Gasteiger partial charge in [0.05, 0.1) is 6.61 Å². The predicted octanol–water partition coefficient (Wildman–Crippen LogP) is 0.997. The van der Waals surface area contributed by atoms with Crippen LogP contribution < -0.4 is 5.73 Å². The number of likely N-dealkylation sites (N-methyl/N-ethyl adjacent to an activating group) is 1. The monoisotopic (exact) mass is 216 g/mol. The summed E-state index contributed by atoms with van der Waals surface area (Å²) in [4.78, 5) is 13.6. The Morgan fingerprint density at radius 3 is 2.47 bits per heavy atom. The Bertz CT molecular complexity index is 205. The van der Waals surface area contributed by atoms with Gasteiger partial charge in [-0.25, -0.2) is 0 Å². The van der Waals surface area contributed by atoms with Crippen molar-refractivity contribution in [3.63, 3.8) is 0 Å². The van der Waals surface area contributed by atoms with Gasteiger partial charge in [-0.2, -0.15) is 0 Å². The lowest BCUT2D eigenvalue weighted by Crippen LogP contribution is -2.55. The van der Waals surface area contributed by atoms with Crippen LogP contribution in [0.15, 0.2) is 0 Å². The summed E-state index contributed by atoms with van der Waals surface area (Å²) in [5, 5.41) is 0. The summed E-state index contributed by atoms with van der Waals surface area (Å²) in [5.74, 6) is -0.333. The number of nitrogens with zero attached hydrogens (tertiary/aromatic N) is 1. The van der Waals surface area contributed by atoms with E-state index in [9.17, 15) is 4.79 Å². The molecule has 15 heavy (non-hydrogen) atoms. The molecule has 0 fully saturated rings. The first-order chi connectivity index (χ1) is 6.85. The van der Waals surface area contributed by atoms with Crippen molar-refractivity contribution in [2.45, 2.75) is 45.7 Å². The lowest BCUT2D eigenvalue weighted by atomic mass is 10.0. The lowest BCUT2D eigenvalue weighted by molar-refractivity contribution is -0.149. The molecular weight excluding hydrogens is 192 g/mol. The Balaban J connectivity index is 4.29. The van der Waals surface area contributed by atoms with Crippen molar-refractivity contribution >= 4 is 5.97 Å². The molecule has 0 aromatic rings. The zero-order valence-electron chi connectivity index (χ0n) is 10.5. The van der Waals surface area contributed by atoms with Gasteiger partial charge in [-0.05, 0) is 34.2 Å². The topological polar surface area (TPSA) is 55.6 Å². The molecule has 0 amide bonds. The van der Waals surface area contributed by atoms with Crippen LogP contribution in [0.2, 0.25) is 0 Å². The molecule has 0 saturated heterocycles. The molecule has 0 aliphatic rings. The number of rotatable bonds is 6. The summed E-state index contributed by atoms with van der Waals surface area (Å²) in [7, 11) is 1.97. The summed E-state index contributed by atoms with van der Waals surface area (Å²) in [6, 6.07) is 0.419. The normalized spacial score (nSPS) is 17.3. The molecule has 0 heterocycles. The van der Waals surface area contributed by atoms with E-state index in [2.05, 4.69) is 18.7 Å². The molecular formula is C11H24N2O2. The van der Waals surface area contributed by atoms with Gasteiger partial charge >= 0.3 is 5.97 Å². The van der Waals surface area contributed by atoms with E-state index in [0.717, 1.165) is 6.42 Å². The Labute approximate surface area is 92.8 Å². The maximum absolute atomic E-state index is 11.5. The number of hydrogen-bond acceptors (Lipinski definition) is 4. The summed E-state index contributed by atoms with van der Waals surface area (Å²) >= 11 is 0. The van der Waals surface area contributed by atoms with Crippen molar-refractivity contribution < 1.29 is 9.53 Å². The van der Waals surface area contributed by atoms with Gasteiger partial charge in [0.2, 0.25) is 0 Å². The van der Waals surface area contributed by atoms with E-state index < -0.39 is 5.54 Å². The fourth-order valence-corrected chi connectivity index (χ4v) is 1.35. The van der Waals surface area contributed by atoms with Gasteiger partial charge in [0, 0.05) is 12.6 Å². The molecule has 90 valence electrons. The molecule has 4 heteroatoms. The van der Waals surface area contributed by atoms with E-state index in [1.807, 2.05) is 7.05 Å². The molecule has 0 bridgehead atoms. The number of hydrogen-bond donors (Lipinski definition) is 1. The third kappa shape index (κ3) is 4.62. The number of esters is 1. The van der Waals surface area contributed by atoms with Crippen LogP contribution in [-0.2, 0) is 9.53 Å². The molecule has 0 aromatic heterocycles. The highest BCUT2D eigenvalue weighted by Crippen LogP contribution is 2.09. The van der Waals surface area contributed by atoms with Crippen molar-refractivity contribution in [2.75, 3.05) is 20.2 Å². The quantitative estimate of drug-likeness (QED) is 0.673. The highest BCUT2D eigenvalue weighted by molar-refractivity contribution is 5.80. The van der Waals surface area contributed by atoms with Crippen LogP contribution in [0.5, 0.6) is 0 Å². The average molecular weight is 216 g/mol. The van der Waals surface area contributed by atoms with E-state index in [1.165, 1.54) is 0 Å². The highest BCUT2D eigenvalue weighted by atomic mass is 16.5. The first-order valence-electron chi connectivity index (χ1n) is 5.51. The van der Waals surface area contributed by atoms with Crippen molar-refractivity contribution in [1.82, 2.24) is 4.90 Å². The van der Waals surface area contributed by atoms with Gasteiger partial charge in [-0.1, -0.05) is 6.92 Å². The fourth-order valence-electron chi connectivity index (χ4n) is 1.35. The molecule has 0 saturated carbocycles. The van der Waals surface area contributed by atoms with Crippen molar-refractivity contribution in [3.05, 3.63) is 0 Å². The molecule has 4 nitrogen and oxygen atoms in total. The van der Waals surface area contributed by atoms with Crippen molar-refractivity contribution in [2.24, 2.45) is 5.73 Å². The van der Waals surface area contributed by atoms with Crippen LogP contribution >= 0.6 is 0 Å². The fraction of sp³-hybridized carbons (Fsp3) is 0.909. The minimum absolute atomic E-state index is 0.333. The second-order valence-corrected chi connectivity index (χ2v) is 4.31. The van der Waals surface area contributed by atoms with Gasteiger partial charge < -0.3 is 15.4 Å². The lowest BCUT2D eigenvalue weighted by Gasteiger charge is -2.31. The van der Waals surface area contributed by atoms with Crippen molar-refractivity contribution in [3.8, 4) is 0 Å². The van der Waals surface area contributed by atoms with Crippen LogP contribution in [0.4, 0.5) is 0 Å². The molecule has 2 N–H and O–H groups in total. The van der Waals surface area contributed by atoms with Gasteiger partial charge in [0.1, 0.15) is 5.54 Å². The molecule has 0 aromatic carbocycles. The number of nitrogens with two attached hydrogens (primary N) is 1. The minimum Gasteiger partial charge on any atom is -0.465 e. The molecule has 0 aliphatic heterocycles. The first-order valence-corrected chi connectivity index (χ1v) is 5.51. The summed E-state index contributed by atoms with van der Waals surface area (Å²) in [5.41, 5.74) is 5.00. The molecule has 2 atom stereocenters. The maximum atomic E-state index is 11.5. The Hall–Kier alpha value is -0.610.